The van der Waals surface area contributed by atoms with Crippen molar-refractivity contribution in [1.82, 2.24) is 29.9 Å². The van der Waals surface area contributed by atoms with E-state index in [1.807, 2.05) is 146 Å². The molecule has 22 aromatic rings. The second-order valence-electron chi connectivity index (χ2n) is 33.5. The maximum Gasteiger partial charge on any atom is 0.171 e. The minimum atomic E-state index is -3.13. The van der Waals surface area contributed by atoms with Crippen molar-refractivity contribution in [2.24, 2.45) is 0 Å². The number of benzene rings is 18. The lowest BCUT2D eigenvalue weighted by molar-refractivity contribution is 0.592. The number of pyridine rings is 2. The topological polar surface area (TPSA) is 94.4 Å². The van der Waals surface area contributed by atoms with Crippen LogP contribution in [0.25, 0.3) is 200 Å². The molecular formula is C121H83N6OP. The lowest BCUT2D eigenvalue weighted by Gasteiger charge is -2.22. The van der Waals surface area contributed by atoms with E-state index < -0.39 is 7.14 Å². The van der Waals surface area contributed by atoms with Gasteiger partial charge in [0, 0.05) is 98.2 Å². The van der Waals surface area contributed by atoms with Gasteiger partial charge in [-0.05, 0) is 120 Å². The second kappa shape index (κ2) is 33.6. The van der Waals surface area contributed by atoms with E-state index >= 15 is 4.57 Å². The summed E-state index contributed by atoms with van der Waals surface area (Å²) in [7, 11) is -3.13. The number of nitrogens with zero attached hydrogens (tertiary/aromatic N) is 6. The summed E-state index contributed by atoms with van der Waals surface area (Å²) in [4.78, 5) is 31.1. The smallest absolute Gasteiger partial charge is 0.171 e. The zero-order chi connectivity index (χ0) is 86.4. The first-order valence-electron chi connectivity index (χ1n) is 43.8. The van der Waals surface area contributed by atoms with E-state index in [4.69, 9.17) is 29.9 Å². The fraction of sp³-hybridized carbons (Fsp3) is 0.0248. The number of rotatable bonds is 16. The standard InChI is InChI=1S/C62H43N3.C59H40N3OP/c1-62(2)54-24-13-12-21-50(54)51-35-33-48(38-55(51)62)41-27-31-44(32-28-41)58-39-57(64-61(65-58)46-19-10-5-11-20-46)43-29-25-40(26-30-43)47-34-36-56-53(37-47)59-49(42-15-6-3-7-16-42)22-14-23-52(59)60(63-56)45-17-8-4-9-18-45;63-64(48-23-12-4-13-24-48,49-25-14-5-15-26-49)50-36-33-44(34-37-50)56-40-55(61-59(62-56)46-21-10-3-11-22-46)43-31-29-41(30-32-43)47-35-38-54-53(39-47)57-51(42-17-6-1-7-18-42)27-16-28-52(57)58(60-54)45-19-8-2-9-20-45/h3-39H,1-2H3;1-40H. The molecule has 8 heteroatoms. The zero-order valence-corrected chi connectivity index (χ0v) is 71.9. The average Bonchev–Trinajstić information content (AvgIpc) is 1.41. The van der Waals surface area contributed by atoms with Crippen molar-refractivity contribution in [3.8, 4) is 157 Å². The highest BCUT2D eigenvalue weighted by Gasteiger charge is 2.36. The molecule has 7 nitrogen and oxygen atoms in total. The summed E-state index contributed by atoms with van der Waals surface area (Å²) in [5, 5.41) is 9.27. The van der Waals surface area contributed by atoms with Crippen LogP contribution >= 0.6 is 7.14 Å². The van der Waals surface area contributed by atoms with Gasteiger partial charge in [0.1, 0.15) is 0 Å². The Morgan fingerprint density at radius 1 is 0.194 bits per heavy atom. The predicted octanol–water partition coefficient (Wildman–Crippen LogP) is 30.0. The summed E-state index contributed by atoms with van der Waals surface area (Å²) < 4.78 is 15.1. The highest BCUT2D eigenvalue weighted by atomic mass is 31.2. The van der Waals surface area contributed by atoms with Gasteiger partial charge in [-0.15, -0.1) is 0 Å². The number of fused-ring (bicyclic) bond motifs is 9. The van der Waals surface area contributed by atoms with Crippen molar-refractivity contribution in [3.05, 3.63) is 478 Å². The molecule has 1 aliphatic rings. The fourth-order valence-corrected chi connectivity index (χ4v) is 21.3. The first kappa shape index (κ1) is 78.7. The molecule has 23 rings (SSSR count). The number of hydrogen-bond acceptors (Lipinski definition) is 7. The molecule has 0 aliphatic heterocycles. The van der Waals surface area contributed by atoms with E-state index in [0.29, 0.717) is 11.6 Å². The van der Waals surface area contributed by atoms with E-state index in [1.165, 1.54) is 66.4 Å². The van der Waals surface area contributed by atoms with Crippen molar-refractivity contribution < 1.29 is 4.57 Å². The maximum absolute atomic E-state index is 15.1. The molecule has 4 aromatic heterocycles. The molecule has 0 amide bonds. The Labute approximate surface area is 750 Å². The Hall–Kier alpha value is -16.3. The van der Waals surface area contributed by atoms with E-state index in [2.05, 4.69) is 335 Å². The van der Waals surface area contributed by atoms with Gasteiger partial charge in [-0.25, -0.2) is 29.9 Å². The fourth-order valence-electron chi connectivity index (χ4n) is 18.7. The third-order valence-electron chi connectivity index (χ3n) is 25.3. The van der Waals surface area contributed by atoms with Crippen LogP contribution in [-0.4, -0.2) is 29.9 Å². The highest BCUT2D eigenvalue weighted by Crippen LogP contribution is 2.51. The minimum absolute atomic E-state index is 0.0487. The Morgan fingerprint density at radius 3 is 0.868 bits per heavy atom. The van der Waals surface area contributed by atoms with Crippen LogP contribution in [0.2, 0.25) is 0 Å². The Kier molecular flexibility index (Phi) is 20.5. The number of hydrogen-bond donors (Lipinski definition) is 0. The van der Waals surface area contributed by atoms with Crippen LogP contribution < -0.4 is 15.9 Å². The predicted molar refractivity (Wildman–Crippen MR) is 537 cm³/mol. The summed E-state index contributed by atoms with van der Waals surface area (Å²) in [5.41, 5.74) is 32.3. The van der Waals surface area contributed by atoms with Crippen LogP contribution in [-0.2, 0) is 9.98 Å². The van der Waals surface area contributed by atoms with Crippen LogP contribution in [0.3, 0.4) is 0 Å². The van der Waals surface area contributed by atoms with Gasteiger partial charge < -0.3 is 4.57 Å². The first-order chi connectivity index (χ1) is 63.6. The molecule has 0 saturated carbocycles. The second-order valence-corrected chi connectivity index (χ2v) is 36.2. The lowest BCUT2D eigenvalue weighted by Crippen LogP contribution is -2.24. The summed E-state index contributed by atoms with van der Waals surface area (Å²) in [5.74, 6) is 1.34. The van der Waals surface area contributed by atoms with E-state index in [0.717, 1.165) is 149 Å². The SMILES string of the molecule is CC1(C)c2ccccc2-c2ccc(-c3ccc(-c4cc(-c5ccc(-c6ccc7nc(-c8ccccc8)c8cccc(-c9ccccc9)c8c7c6)cc5)nc(-c5ccccc5)n4)cc3)cc21.O=P(c1ccccc1)(c1ccccc1)c1ccc(-c2cc(-c3ccc(-c4ccc5nc(-c6ccccc6)c6cccc(-c7ccccc7)c6c5c4)cc3)nc(-c3ccccc3)n2)cc1. The minimum Gasteiger partial charge on any atom is -0.309 e. The largest absolute Gasteiger partial charge is 0.309 e. The van der Waals surface area contributed by atoms with Gasteiger partial charge in [0.25, 0.3) is 0 Å². The molecule has 608 valence electrons. The van der Waals surface area contributed by atoms with Gasteiger partial charge in [0.2, 0.25) is 0 Å². The lowest BCUT2D eigenvalue weighted by atomic mass is 9.81. The number of aromatic nitrogens is 6. The molecule has 0 atom stereocenters. The molecule has 18 aromatic carbocycles. The zero-order valence-electron chi connectivity index (χ0n) is 71.0. The molecule has 0 N–H and O–H groups in total. The molecule has 0 unspecified atom stereocenters. The van der Waals surface area contributed by atoms with E-state index in [-0.39, 0.29) is 5.41 Å². The van der Waals surface area contributed by atoms with Crippen LogP contribution in [0.1, 0.15) is 25.0 Å². The van der Waals surface area contributed by atoms with E-state index in [9.17, 15) is 0 Å². The van der Waals surface area contributed by atoms with Crippen molar-refractivity contribution >= 4 is 66.4 Å². The molecule has 0 spiro atoms. The molecule has 129 heavy (non-hydrogen) atoms. The maximum atomic E-state index is 15.1. The van der Waals surface area contributed by atoms with Crippen molar-refractivity contribution in [2.45, 2.75) is 19.3 Å². The third-order valence-corrected chi connectivity index (χ3v) is 28.4. The Morgan fingerprint density at radius 2 is 0.481 bits per heavy atom. The summed E-state index contributed by atoms with van der Waals surface area (Å²) in [6.07, 6.45) is 0. The molecule has 0 saturated heterocycles. The van der Waals surface area contributed by atoms with Crippen LogP contribution in [0, 0.1) is 0 Å². The van der Waals surface area contributed by atoms with Gasteiger partial charge in [0.15, 0.2) is 18.8 Å². The van der Waals surface area contributed by atoms with Crippen LogP contribution in [0.4, 0.5) is 0 Å². The molecule has 0 radical (unpaired) electrons. The quantitative estimate of drug-likeness (QED) is 0.0702. The van der Waals surface area contributed by atoms with Crippen LogP contribution in [0.5, 0.6) is 0 Å². The van der Waals surface area contributed by atoms with Crippen molar-refractivity contribution in [1.29, 1.82) is 0 Å². The van der Waals surface area contributed by atoms with Gasteiger partial charge in [0.05, 0.1) is 45.2 Å². The summed E-state index contributed by atoms with van der Waals surface area (Å²) in [6, 6.07) is 163. The monoisotopic (exact) mass is 1670 g/mol. The van der Waals surface area contributed by atoms with Gasteiger partial charge in [-0.1, -0.05) is 438 Å². The molecule has 4 heterocycles. The molecule has 0 bridgehead atoms. The van der Waals surface area contributed by atoms with Crippen LogP contribution in [0.15, 0.2) is 467 Å². The summed E-state index contributed by atoms with van der Waals surface area (Å²) in [6.45, 7) is 4.67. The van der Waals surface area contributed by atoms with Gasteiger partial charge in [-0.2, -0.15) is 0 Å². The third kappa shape index (κ3) is 15.0. The normalized spacial score (nSPS) is 12.0. The molecule has 1 aliphatic carbocycles. The van der Waals surface area contributed by atoms with Gasteiger partial charge in [-0.3, -0.25) is 0 Å². The molecular weight excluding hydrogens is 1580 g/mol. The Balaban J connectivity index is 0.000000152. The average molecular weight is 1670 g/mol. The summed E-state index contributed by atoms with van der Waals surface area (Å²) >= 11 is 0. The molecule has 0 fully saturated rings. The highest BCUT2D eigenvalue weighted by molar-refractivity contribution is 7.85. The van der Waals surface area contributed by atoms with Crippen molar-refractivity contribution in [2.75, 3.05) is 0 Å². The first-order valence-corrected chi connectivity index (χ1v) is 45.5. The van der Waals surface area contributed by atoms with Gasteiger partial charge >= 0.3 is 0 Å². The van der Waals surface area contributed by atoms with Crippen molar-refractivity contribution in [3.63, 3.8) is 0 Å². The van der Waals surface area contributed by atoms with E-state index in [1.54, 1.807) is 0 Å². The Bertz CT molecular complexity index is 7970.